The van der Waals surface area contributed by atoms with E-state index in [-0.39, 0.29) is 11.9 Å². The number of anilines is 1. The van der Waals surface area contributed by atoms with Crippen LogP contribution in [0.3, 0.4) is 0 Å². The maximum atomic E-state index is 11.7. The molecule has 0 aliphatic heterocycles. The van der Waals surface area contributed by atoms with E-state index in [0.717, 1.165) is 11.4 Å². The highest BCUT2D eigenvalue weighted by Gasteiger charge is 2.11. The average Bonchev–Trinajstić information content (AvgIpc) is 2.29. The van der Waals surface area contributed by atoms with Crippen molar-refractivity contribution < 1.29 is 9.53 Å². The monoisotopic (exact) mass is 237 g/mol. The Hall–Kier alpha value is -1.62. The summed E-state index contributed by atoms with van der Waals surface area (Å²) in [7, 11) is 1.60. The fourth-order valence-electron chi connectivity index (χ4n) is 1.38. The van der Waals surface area contributed by atoms with Gasteiger partial charge in [0.2, 0.25) is 5.91 Å². The average molecular weight is 237 g/mol. The fraction of sp³-hybridized carbons (Fsp3) is 0.500. The molecule has 0 bridgehead atoms. The van der Waals surface area contributed by atoms with Gasteiger partial charge in [0.1, 0.15) is 6.04 Å². The minimum absolute atomic E-state index is 0.0449. The van der Waals surface area contributed by atoms with Gasteiger partial charge in [0.15, 0.2) is 0 Å². The highest BCUT2D eigenvalue weighted by atomic mass is 16.5. The van der Waals surface area contributed by atoms with Crippen LogP contribution in [0.25, 0.3) is 0 Å². The number of nitrogens with one attached hydrogen (secondary N) is 2. The maximum Gasteiger partial charge on any atom is 0.242 e. The Kier molecular flexibility index (Phi) is 5.42. The summed E-state index contributed by atoms with van der Waals surface area (Å²) >= 11 is 0. The molecule has 1 heterocycles. The Morgan fingerprint density at radius 2 is 2.35 bits per heavy atom. The molecule has 1 amide bonds. The van der Waals surface area contributed by atoms with Gasteiger partial charge in [0, 0.05) is 31.2 Å². The van der Waals surface area contributed by atoms with E-state index in [9.17, 15) is 4.79 Å². The van der Waals surface area contributed by atoms with Crippen molar-refractivity contribution >= 4 is 11.6 Å². The highest BCUT2D eigenvalue weighted by Crippen LogP contribution is 2.08. The maximum absolute atomic E-state index is 11.7. The second kappa shape index (κ2) is 6.85. The number of hydrogen-bond donors (Lipinski definition) is 2. The van der Waals surface area contributed by atoms with Crippen LogP contribution in [-0.2, 0) is 9.53 Å². The fourth-order valence-corrected chi connectivity index (χ4v) is 1.38. The number of aromatic nitrogens is 1. The molecular formula is C12H19N3O2. The first-order valence-electron chi connectivity index (χ1n) is 5.59. The molecule has 1 rings (SSSR count). The highest BCUT2D eigenvalue weighted by molar-refractivity contribution is 5.84. The molecule has 0 saturated heterocycles. The molecule has 0 saturated carbocycles. The van der Waals surface area contributed by atoms with Crippen molar-refractivity contribution in [1.29, 1.82) is 0 Å². The molecule has 1 aromatic rings. The standard InChI is InChI=1S/C12H19N3O2/c1-9-8-11(4-5-13-9)15-10(2)12(16)14-6-7-17-3/h4-5,8,10H,6-7H2,1-3H3,(H,13,15)(H,14,16). The summed E-state index contributed by atoms with van der Waals surface area (Å²) in [5.74, 6) is -0.0449. The van der Waals surface area contributed by atoms with Crippen molar-refractivity contribution in [1.82, 2.24) is 10.3 Å². The minimum Gasteiger partial charge on any atom is -0.383 e. The number of pyridine rings is 1. The summed E-state index contributed by atoms with van der Waals surface area (Å²) in [6.07, 6.45) is 1.72. The molecule has 17 heavy (non-hydrogen) atoms. The van der Waals surface area contributed by atoms with Crippen LogP contribution in [0.5, 0.6) is 0 Å². The van der Waals surface area contributed by atoms with Crippen LogP contribution in [0.4, 0.5) is 5.69 Å². The van der Waals surface area contributed by atoms with Gasteiger partial charge < -0.3 is 15.4 Å². The minimum atomic E-state index is -0.284. The molecule has 1 unspecified atom stereocenters. The Bertz CT molecular complexity index is 369. The van der Waals surface area contributed by atoms with E-state index in [0.29, 0.717) is 13.2 Å². The van der Waals surface area contributed by atoms with Crippen LogP contribution < -0.4 is 10.6 Å². The van der Waals surface area contributed by atoms with Crippen LogP contribution >= 0.6 is 0 Å². The SMILES string of the molecule is COCCNC(=O)C(C)Nc1ccnc(C)c1. The Labute approximate surface area is 102 Å². The first kappa shape index (κ1) is 13.4. The lowest BCUT2D eigenvalue weighted by Crippen LogP contribution is -2.39. The van der Waals surface area contributed by atoms with Gasteiger partial charge in [0.25, 0.3) is 0 Å². The summed E-state index contributed by atoms with van der Waals surface area (Å²) in [6, 6.07) is 3.46. The smallest absolute Gasteiger partial charge is 0.242 e. The molecule has 5 heteroatoms. The largest absolute Gasteiger partial charge is 0.383 e. The third kappa shape index (κ3) is 4.82. The molecule has 0 spiro atoms. The van der Waals surface area contributed by atoms with Gasteiger partial charge in [-0.3, -0.25) is 9.78 Å². The summed E-state index contributed by atoms with van der Waals surface area (Å²) in [5, 5.41) is 5.89. The van der Waals surface area contributed by atoms with Crippen molar-refractivity contribution in [3.63, 3.8) is 0 Å². The van der Waals surface area contributed by atoms with Gasteiger partial charge in [-0.25, -0.2) is 0 Å². The molecule has 0 aliphatic carbocycles. The molecule has 94 valence electrons. The second-order valence-corrected chi connectivity index (χ2v) is 3.84. The Morgan fingerprint density at radius 3 is 3.00 bits per heavy atom. The Morgan fingerprint density at radius 1 is 1.59 bits per heavy atom. The van der Waals surface area contributed by atoms with Gasteiger partial charge in [-0.15, -0.1) is 0 Å². The predicted molar refractivity (Wildman–Crippen MR) is 66.9 cm³/mol. The number of nitrogens with zero attached hydrogens (tertiary/aromatic N) is 1. The van der Waals surface area contributed by atoms with Crippen molar-refractivity contribution in [2.24, 2.45) is 0 Å². The lowest BCUT2D eigenvalue weighted by molar-refractivity contribution is -0.121. The molecule has 1 aromatic heterocycles. The Balaban J connectivity index is 2.43. The first-order valence-corrected chi connectivity index (χ1v) is 5.59. The molecule has 0 radical (unpaired) electrons. The number of aryl methyl sites for hydroxylation is 1. The number of hydrogen-bond acceptors (Lipinski definition) is 4. The molecule has 2 N–H and O–H groups in total. The summed E-state index contributed by atoms with van der Waals surface area (Å²) in [5.41, 5.74) is 1.81. The van der Waals surface area contributed by atoms with E-state index < -0.39 is 0 Å². The number of amides is 1. The molecule has 0 fully saturated rings. The zero-order chi connectivity index (χ0) is 12.7. The van der Waals surface area contributed by atoms with Crippen LogP contribution in [-0.4, -0.2) is 37.2 Å². The van der Waals surface area contributed by atoms with Crippen molar-refractivity contribution in [3.8, 4) is 0 Å². The molecule has 5 nitrogen and oxygen atoms in total. The number of rotatable bonds is 6. The molecular weight excluding hydrogens is 218 g/mol. The van der Waals surface area contributed by atoms with E-state index in [1.165, 1.54) is 0 Å². The number of methoxy groups -OCH3 is 1. The third-order valence-corrected chi connectivity index (χ3v) is 2.28. The van der Waals surface area contributed by atoms with E-state index in [2.05, 4.69) is 15.6 Å². The summed E-state index contributed by atoms with van der Waals surface area (Å²) in [4.78, 5) is 15.8. The van der Waals surface area contributed by atoms with Crippen molar-refractivity contribution in [2.45, 2.75) is 19.9 Å². The van der Waals surface area contributed by atoms with Crippen molar-refractivity contribution in [3.05, 3.63) is 24.0 Å². The predicted octanol–water partition coefficient (Wildman–Crippen LogP) is 0.953. The van der Waals surface area contributed by atoms with Gasteiger partial charge in [-0.05, 0) is 26.0 Å². The van der Waals surface area contributed by atoms with Gasteiger partial charge in [-0.2, -0.15) is 0 Å². The first-order chi connectivity index (χ1) is 8.13. The van der Waals surface area contributed by atoms with E-state index >= 15 is 0 Å². The summed E-state index contributed by atoms with van der Waals surface area (Å²) < 4.78 is 4.86. The van der Waals surface area contributed by atoms with Gasteiger partial charge in [-0.1, -0.05) is 0 Å². The number of carbonyl (C=O) groups excluding carboxylic acids is 1. The number of carbonyl (C=O) groups is 1. The van der Waals surface area contributed by atoms with Crippen LogP contribution in [0.15, 0.2) is 18.3 Å². The van der Waals surface area contributed by atoms with Crippen LogP contribution in [0.2, 0.25) is 0 Å². The lowest BCUT2D eigenvalue weighted by atomic mass is 10.2. The zero-order valence-corrected chi connectivity index (χ0v) is 10.5. The van der Waals surface area contributed by atoms with Gasteiger partial charge >= 0.3 is 0 Å². The second-order valence-electron chi connectivity index (χ2n) is 3.84. The molecule has 0 aliphatic rings. The molecule has 0 aromatic carbocycles. The van der Waals surface area contributed by atoms with E-state index in [4.69, 9.17) is 4.74 Å². The summed E-state index contributed by atoms with van der Waals surface area (Å²) in [6.45, 7) is 4.77. The van der Waals surface area contributed by atoms with E-state index in [1.54, 1.807) is 13.3 Å². The van der Waals surface area contributed by atoms with Crippen LogP contribution in [0, 0.1) is 6.92 Å². The third-order valence-electron chi connectivity index (χ3n) is 2.28. The van der Waals surface area contributed by atoms with Crippen molar-refractivity contribution in [2.75, 3.05) is 25.6 Å². The molecule has 1 atom stereocenters. The quantitative estimate of drug-likeness (QED) is 0.723. The topological polar surface area (TPSA) is 63.2 Å². The lowest BCUT2D eigenvalue weighted by Gasteiger charge is -2.15. The number of ether oxygens (including phenoxy) is 1. The van der Waals surface area contributed by atoms with Crippen LogP contribution in [0.1, 0.15) is 12.6 Å². The van der Waals surface area contributed by atoms with E-state index in [1.807, 2.05) is 26.0 Å². The zero-order valence-electron chi connectivity index (χ0n) is 10.5. The van der Waals surface area contributed by atoms with Gasteiger partial charge in [0.05, 0.1) is 6.61 Å². The normalized spacial score (nSPS) is 11.9.